The van der Waals surface area contributed by atoms with Crippen LogP contribution in [0.3, 0.4) is 0 Å². The maximum Gasteiger partial charge on any atom is 0.335 e. The first kappa shape index (κ1) is 19.9. The van der Waals surface area contributed by atoms with Gasteiger partial charge in [-0.25, -0.2) is 4.79 Å². The van der Waals surface area contributed by atoms with E-state index in [9.17, 15) is 9.59 Å². The number of rotatable bonds is 8. The zero-order chi connectivity index (χ0) is 20.6. The van der Waals surface area contributed by atoms with Crippen molar-refractivity contribution in [2.45, 2.75) is 6.92 Å². The van der Waals surface area contributed by atoms with E-state index >= 15 is 0 Å². The second-order valence-corrected chi connectivity index (χ2v) is 6.32. The van der Waals surface area contributed by atoms with Crippen molar-refractivity contribution in [2.75, 3.05) is 18.5 Å². The molecule has 6 heteroatoms. The first-order valence-corrected chi connectivity index (χ1v) is 9.09. The Morgan fingerprint density at radius 3 is 2.21 bits per heavy atom. The van der Waals surface area contributed by atoms with Crippen LogP contribution in [0.5, 0.6) is 11.5 Å². The summed E-state index contributed by atoms with van der Waals surface area (Å²) in [5.74, 6) is -0.109. The molecule has 3 aromatic carbocycles. The van der Waals surface area contributed by atoms with Crippen molar-refractivity contribution in [3.05, 3.63) is 89.5 Å². The molecule has 2 N–H and O–H groups in total. The molecule has 0 unspecified atom stereocenters. The van der Waals surface area contributed by atoms with Gasteiger partial charge in [-0.3, -0.25) is 4.79 Å². The normalized spacial score (nSPS) is 10.2. The molecule has 0 aliphatic heterocycles. The Hall–Kier alpha value is -3.80. The third-order valence-electron chi connectivity index (χ3n) is 4.21. The van der Waals surface area contributed by atoms with Gasteiger partial charge in [-0.2, -0.15) is 0 Å². The van der Waals surface area contributed by atoms with Gasteiger partial charge in [0.15, 0.2) is 0 Å². The monoisotopic (exact) mass is 391 g/mol. The topological polar surface area (TPSA) is 84.9 Å². The van der Waals surface area contributed by atoms with Crippen molar-refractivity contribution in [3.8, 4) is 11.5 Å². The third kappa shape index (κ3) is 5.59. The number of amides is 1. The van der Waals surface area contributed by atoms with Gasteiger partial charge in [0.2, 0.25) is 0 Å². The zero-order valence-electron chi connectivity index (χ0n) is 15.9. The van der Waals surface area contributed by atoms with Crippen molar-refractivity contribution in [2.24, 2.45) is 0 Å². The molecule has 148 valence electrons. The average molecular weight is 391 g/mol. The molecule has 6 nitrogen and oxygen atoms in total. The molecule has 0 saturated carbocycles. The van der Waals surface area contributed by atoms with E-state index in [0.717, 1.165) is 11.3 Å². The minimum atomic E-state index is -1.00. The highest BCUT2D eigenvalue weighted by molar-refractivity contribution is 6.04. The molecule has 0 fully saturated rings. The summed E-state index contributed by atoms with van der Waals surface area (Å²) < 4.78 is 11.1. The van der Waals surface area contributed by atoms with E-state index < -0.39 is 5.97 Å². The summed E-state index contributed by atoms with van der Waals surface area (Å²) in [6, 6.07) is 20.7. The summed E-state index contributed by atoms with van der Waals surface area (Å²) in [4.78, 5) is 23.3. The molecular weight excluding hydrogens is 370 g/mol. The van der Waals surface area contributed by atoms with E-state index in [2.05, 4.69) is 5.32 Å². The standard InChI is InChI=1S/C23H21NO5/c1-16-5-2-3-8-21(16)24-22(25)17-9-11-19(12-10-17)28-13-14-29-20-7-4-6-18(15-20)23(26)27/h2-12,15H,13-14H2,1H3,(H,24,25)(H,26,27). The largest absolute Gasteiger partial charge is 0.490 e. The highest BCUT2D eigenvalue weighted by atomic mass is 16.5. The summed E-state index contributed by atoms with van der Waals surface area (Å²) in [7, 11) is 0. The SMILES string of the molecule is Cc1ccccc1NC(=O)c1ccc(OCCOc2cccc(C(=O)O)c2)cc1. The fourth-order valence-corrected chi connectivity index (χ4v) is 2.65. The van der Waals surface area contributed by atoms with Crippen LogP contribution in [0, 0.1) is 6.92 Å². The summed E-state index contributed by atoms with van der Waals surface area (Å²) in [6.07, 6.45) is 0. The van der Waals surface area contributed by atoms with Crippen LogP contribution in [0.25, 0.3) is 0 Å². The second-order valence-electron chi connectivity index (χ2n) is 6.32. The van der Waals surface area contributed by atoms with Gasteiger partial charge in [0.1, 0.15) is 24.7 Å². The van der Waals surface area contributed by atoms with Crippen molar-refractivity contribution in [1.82, 2.24) is 0 Å². The molecule has 0 heterocycles. The van der Waals surface area contributed by atoms with Crippen molar-refractivity contribution >= 4 is 17.6 Å². The second kappa shape index (κ2) is 9.41. The molecule has 0 saturated heterocycles. The Balaban J connectivity index is 1.48. The first-order valence-electron chi connectivity index (χ1n) is 9.09. The van der Waals surface area contributed by atoms with Crippen LogP contribution in [0.15, 0.2) is 72.8 Å². The van der Waals surface area contributed by atoms with Crippen molar-refractivity contribution < 1.29 is 24.2 Å². The highest BCUT2D eigenvalue weighted by Gasteiger charge is 2.08. The Kier molecular flexibility index (Phi) is 6.47. The molecule has 0 aliphatic rings. The van der Waals surface area contributed by atoms with Crippen LogP contribution in [0.2, 0.25) is 0 Å². The van der Waals surface area contributed by atoms with Crippen molar-refractivity contribution in [1.29, 1.82) is 0 Å². The van der Waals surface area contributed by atoms with Gasteiger partial charge in [0.05, 0.1) is 5.56 Å². The van der Waals surface area contributed by atoms with Gasteiger partial charge in [-0.05, 0) is 61.0 Å². The van der Waals surface area contributed by atoms with Crippen LogP contribution in [-0.2, 0) is 0 Å². The number of anilines is 1. The van der Waals surface area contributed by atoms with E-state index in [1.165, 1.54) is 12.1 Å². The van der Waals surface area contributed by atoms with Gasteiger partial charge in [0.25, 0.3) is 5.91 Å². The Morgan fingerprint density at radius 2 is 1.52 bits per heavy atom. The molecule has 3 rings (SSSR count). The van der Waals surface area contributed by atoms with Crippen LogP contribution in [0.1, 0.15) is 26.3 Å². The van der Waals surface area contributed by atoms with Crippen LogP contribution in [-0.4, -0.2) is 30.2 Å². The van der Waals surface area contributed by atoms with Gasteiger partial charge in [-0.15, -0.1) is 0 Å². The van der Waals surface area contributed by atoms with Gasteiger partial charge in [-0.1, -0.05) is 24.3 Å². The van der Waals surface area contributed by atoms with E-state index in [4.69, 9.17) is 14.6 Å². The molecule has 0 atom stereocenters. The molecule has 0 aliphatic carbocycles. The number of carboxylic acids is 1. The number of hydrogen-bond donors (Lipinski definition) is 2. The molecule has 0 bridgehead atoms. The van der Waals surface area contributed by atoms with E-state index in [1.54, 1.807) is 36.4 Å². The lowest BCUT2D eigenvalue weighted by Crippen LogP contribution is -2.13. The zero-order valence-corrected chi connectivity index (χ0v) is 15.9. The van der Waals surface area contributed by atoms with Crippen molar-refractivity contribution in [3.63, 3.8) is 0 Å². The lowest BCUT2D eigenvalue weighted by molar-refractivity contribution is 0.0696. The average Bonchev–Trinajstić information content (AvgIpc) is 2.73. The number of para-hydroxylation sites is 1. The molecule has 3 aromatic rings. The number of aryl methyl sites for hydroxylation is 1. The van der Waals surface area contributed by atoms with E-state index in [0.29, 0.717) is 17.1 Å². The minimum absolute atomic E-state index is 0.169. The maximum atomic E-state index is 12.4. The first-order chi connectivity index (χ1) is 14.0. The third-order valence-corrected chi connectivity index (χ3v) is 4.21. The molecule has 1 amide bonds. The van der Waals surface area contributed by atoms with E-state index in [-0.39, 0.29) is 24.7 Å². The summed E-state index contributed by atoms with van der Waals surface area (Å²) in [6.45, 7) is 2.48. The number of ether oxygens (including phenoxy) is 2. The number of carboxylic acid groups (broad SMARTS) is 1. The predicted octanol–water partition coefficient (Wildman–Crippen LogP) is 4.40. The molecule has 0 radical (unpaired) electrons. The molecule has 0 spiro atoms. The van der Waals surface area contributed by atoms with Gasteiger partial charge in [0, 0.05) is 11.3 Å². The summed E-state index contributed by atoms with van der Waals surface area (Å²) in [5, 5.41) is 11.9. The smallest absolute Gasteiger partial charge is 0.335 e. The van der Waals surface area contributed by atoms with Crippen LogP contribution >= 0.6 is 0 Å². The van der Waals surface area contributed by atoms with E-state index in [1.807, 2.05) is 31.2 Å². The molecule has 29 heavy (non-hydrogen) atoms. The Morgan fingerprint density at radius 1 is 0.828 bits per heavy atom. The number of hydrogen-bond acceptors (Lipinski definition) is 4. The quantitative estimate of drug-likeness (QED) is 0.556. The number of nitrogens with one attached hydrogen (secondary N) is 1. The lowest BCUT2D eigenvalue weighted by atomic mass is 10.1. The number of carbonyl (C=O) groups is 2. The fraction of sp³-hybridized carbons (Fsp3) is 0.130. The Labute approximate surface area is 168 Å². The van der Waals surface area contributed by atoms with Crippen LogP contribution in [0.4, 0.5) is 5.69 Å². The van der Waals surface area contributed by atoms with Gasteiger partial charge >= 0.3 is 5.97 Å². The molecular formula is C23H21NO5. The summed E-state index contributed by atoms with van der Waals surface area (Å²) >= 11 is 0. The highest BCUT2D eigenvalue weighted by Crippen LogP contribution is 2.17. The fourth-order valence-electron chi connectivity index (χ4n) is 2.65. The Bertz CT molecular complexity index is 998. The molecule has 0 aromatic heterocycles. The number of carbonyl (C=O) groups excluding carboxylic acids is 1. The lowest BCUT2D eigenvalue weighted by Gasteiger charge is -2.10. The van der Waals surface area contributed by atoms with Gasteiger partial charge < -0.3 is 19.9 Å². The minimum Gasteiger partial charge on any atom is -0.490 e. The summed E-state index contributed by atoms with van der Waals surface area (Å²) in [5.41, 5.74) is 2.47. The number of aromatic carboxylic acids is 1. The maximum absolute atomic E-state index is 12.4. The predicted molar refractivity (Wildman–Crippen MR) is 110 cm³/mol. The number of benzene rings is 3. The van der Waals surface area contributed by atoms with Crippen LogP contribution < -0.4 is 14.8 Å².